The maximum atomic E-state index is 12.5. The van der Waals surface area contributed by atoms with Crippen molar-refractivity contribution in [1.29, 1.82) is 0 Å². The molecule has 0 saturated heterocycles. The molecule has 3 aromatic rings. The number of benzene rings is 3. The minimum atomic E-state index is -0.242. The lowest BCUT2D eigenvalue weighted by Crippen LogP contribution is -2.33. The van der Waals surface area contributed by atoms with Crippen LogP contribution in [0.5, 0.6) is 5.75 Å². The number of carbonyl (C=O) groups excluding carboxylic acids is 1. The van der Waals surface area contributed by atoms with Crippen molar-refractivity contribution in [2.75, 3.05) is 11.9 Å². The van der Waals surface area contributed by atoms with Crippen LogP contribution in [-0.4, -0.2) is 12.6 Å². The first-order valence-electron chi connectivity index (χ1n) is 8.25. The van der Waals surface area contributed by atoms with Gasteiger partial charge in [0.1, 0.15) is 12.4 Å². The van der Waals surface area contributed by atoms with Crippen LogP contribution < -0.4 is 15.4 Å². The van der Waals surface area contributed by atoms with Crippen molar-refractivity contribution in [3.8, 4) is 16.9 Å². The van der Waals surface area contributed by atoms with Crippen LogP contribution in [-0.2, 0) is 0 Å². The van der Waals surface area contributed by atoms with Gasteiger partial charge in [-0.1, -0.05) is 66.7 Å². The van der Waals surface area contributed by atoms with Crippen molar-refractivity contribution in [2.24, 2.45) is 0 Å². The molecule has 2 N–H and O–H groups in total. The summed E-state index contributed by atoms with van der Waals surface area (Å²) >= 11 is 0. The summed E-state index contributed by atoms with van der Waals surface area (Å²) in [5, 5.41) is 5.95. The minimum Gasteiger partial charge on any atom is -0.491 e. The number of nitrogens with one attached hydrogen (secondary N) is 2. The van der Waals surface area contributed by atoms with Gasteiger partial charge in [-0.05, 0) is 17.7 Å². The van der Waals surface area contributed by atoms with Crippen molar-refractivity contribution in [2.45, 2.75) is 6.04 Å². The fourth-order valence-electron chi connectivity index (χ4n) is 3.06. The summed E-state index contributed by atoms with van der Waals surface area (Å²) in [5.41, 5.74) is 3.83. The average molecular weight is 330 g/mol. The van der Waals surface area contributed by atoms with Crippen LogP contribution in [0.2, 0.25) is 0 Å². The van der Waals surface area contributed by atoms with Gasteiger partial charge in [0.05, 0.1) is 11.7 Å². The number of hydrogen-bond donors (Lipinski definition) is 2. The first-order valence-corrected chi connectivity index (χ1v) is 8.25. The van der Waals surface area contributed by atoms with Crippen LogP contribution in [0.25, 0.3) is 11.1 Å². The normalized spacial score (nSPS) is 15.1. The van der Waals surface area contributed by atoms with Gasteiger partial charge >= 0.3 is 6.03 Å². The third-order valence-electron chi connectivity index (χ3n) is 4.27. The molecule has 2 amide bonds. The van der Waals surface area contributed by atoms with Crippen LogP contribution in [0, 0.1) is 0 Å². The fourth-order valence-corrected chi connectivity index (χ4v) is 3.06. The van der Waals surface area contributed by atoms with E-state index < -0.39 is 0 Å². The number of amides is 2. The van der Waals surface area contributed by atoms with Gasteiger partial charge in [-0.3, -0.25) is 0 Å². The highest BCUT2D eigenvalue weighted by atomic mass is 16.5. The highest BCUT2D eigenvalue weighted by Gasteiger charge is 2.25. The standard InChI is InChI=1S/C21H18N2O2/c24-21(23-19-14-25-20-13-7-5-11-17(19)20)22-18-12-6-4-10-16(18)15-8-2-1-3-9-15/h1-13,19H,14H2,(H2,22,23,24). The molecule has 1 unspecified atom stereocenters. The van der Waals surface area contributed by atoms with Crippen molar-refractivity contribution in [3.05, 3.63) is 84.4 Å². The van der Waals surface area contributed by atoms with Crippen LogP contribution in [0.4, 0.5) is 10.5 Å². The topological polar surface area (TPSA) is 50.4 Å². The monoisotopic (exact) mass is 330 g/mol. The second kappa shape index (κ2) is 6.69. The van der Waals surface area contributed by atoms with Gasteiger partial charge in [-0.2, -0.15) is 0 Å². The molecule has 25 heavy (non-hydrogen) atoms. The van der Waals surface area contributed by atoms with Gasteiger partial charge in [-0.25, -0.2) is 4.79 Å². The number of rotatable bonds is 3. The third kappa shape index (κ3) is 3.19. The number of anilines is 1. The van der Waals surface area contributed by atoms with Crippen molar-refractivity contribution >= 4 is 11.7 Å². The molecule has 4 rings (SSSR count). The van der Waals surface area contributed by atoms with E-state index in [1.165, 1.54) is 0 Å². The maximum Gasteiger partial charge on any atom is 0.319 e. The lowest BCUT2D eigenvalue weighted by molar-refractivity contribution is 0.243. The number of urea groups is 1. The Labute approximate surface area is 146 Å². The first kappa shape index (κ1) is 15.3. The summed E-state index contributed by atoms with van der Waals surface area (Å²) in [6.45, 7) is 0.451. The van der Waals surface area contributed by atoms with Crippen LogP contribution >= 0.6 is 0 Å². The molecule has 0 aromatic heterocycles. The van der Waals surface area contributed by atoms with Gasteiger partial charge in [0, 0.05) is 11.1 Å². The molecule has 0 bridgehead atoms. The quantitative estimate of drug-likeness (QED) is 0.737. The lowest BCUT2D eigenvalue weighted by Gasteiger charge is -2.15. The smallest absolute Gasteiger partial charge is 0.319 e. The Balaban J connectivity index is 1.51. The number of fused-ring (bicyclic) bond motifs is 1. The lowest BCUT2D eigenvalue weighted by atomic mass is 10.0. The zero-order valence-corrected chi connectivity index (χ0v) is 13.6. The molecule has 1 aliphatic rings. The molecule has 0 saturated carbocycles. The second-order valence-corrected chi connectivity index (χ2v) is 5.91. The molecular formula is C21H18N2O2. The maximum absolute atomic E-state index is 12.5. The number of carbonyl (C=O) groups is 1. The van der Waals surface area contributed by atoms with Gasteiger partial charge < -0.3 is 15.4 Å². The van der Waals surface area contributed by atoms with E-state index in [2.05, 4.69) is 10.6 Å². The van der Waals surface area contributed by atoms with E-state index in [4.69, 9.17) is 4.74 Å². The predicted molar refractivity (Wildman–Crippen MR) is 98.7 cm³/mol. The highest BCUT2D eigenvalue weighted by Crippen LogP contribution is 2.32. The SMILES string of the molecule is O=C(Nc1ccccc1-c1ccccc1)NC1COc2ccccc21. The Morgan fingerprint density at radius 2 is 1.60 bits per heavy atom. The van der Waals surface area contributed by atoms with E-state index in [9.17, 15) is 4.79 Å². The zero-order chi connectivity index (χ0) is 17.1. The predicted octanol–water partition coefficient (Wildman–Crippen LogP) is 4.61. The molecule has 1 aliphatic heterocycles. The van der Waals surface area contributed by atoms with E-state index in [1.54, 1.807) is 0 Å². The Kier molecular flexibility index (Phi) is 4.09. The largest absolute Gasteiger partial charge is 0.491 e. The molecule has 0 aliphatic carbocycles. The number of ether oxygens (including phenoxy) is 1. The van der Waals surface area contributed by atoms with Crippen molar-refractivity contribution in [1.82, 2.24) is 5.32 Å². The molecule has 124 valence electrons. The van der Waals surface area contributed by atoms with Crippen LogP contribution in [0.1, 0.15) is 11.6 Å². The van der Waals surface area contributed by atoms with E-state index in [1.807, 2.05) is 78.9 Å². The van der Waals surface area contributed by atoms with Gasteiger partial charge in [0.2, 0.25) is 0 Å². The van der Waals surface area contributed by atoms with Gasteiger partial charge in [-0.15, -0.1) is 0 Å². The van der Waals surface area contributed by atoms with E-state index in [-0.39, 0.29) is 12.1 Å². The van der Waals surface area contributed by atoms with E-state index >= 15 is 0 Å². The molecule has 0 radical (unpaired) electrons. The molecule has 0 fully saturated rings. The molecule has 3 aromatic carbocycles. The van der Waals surface area contributed by atoms with E-state index in [0.717, 1.165) is 28.1 Å². The van der Waals surface area contributed by atoms with Gasteiger partial charge in [0.25, 0.3) is 0 Å². The zero-order valence-electron chi connectivity index (χ0n) is 13.6. The molecule has 4 heteroatoms. The molecule has 1 atom stereocenters. The van der Waals surface area contributed by atoms with Crippen molar-refractivity contribution in [3.63, 3.8) is 0 Å². The first-order chi connectivity index (χ1) is 12.3. The van der Waals surface area contributed by atoms with E-state index in [0.29, 0.717) is 6.61 Å². The average Bonchev–Trinajstić information content (AvgIpc) is 3.06. The Bertz CT molecular complexity index is 893. The summed E-state index contributed by atoms with van der Waals surface area (Å²) in [4.78, 5) is 12.5. The number of hydrogen-bond acceptors (Lipinski definition) is 2. The highest BCUT2D eigenvalue weighted by molar-refractivity contribution is 5.94. The fraction of sp³-hybridized carbons (Fsp3) is 0.0952. The Morgan fingerprint density at radius 3 is 2.48 bits per heavy atom. The number of para-hydroxylation sites is 2. The molecule has 4 nitrogen and oxygen atoms in total. The second-order valence-electron chi connectivity index (χ2n) is 5.91. The summed E-state index contributed by atoms with van der Waals surface area (Å²) in [6.07, 6.45) is 0. The van der Waals surface area contributed by atoms with Crippen LogP contribution in [0.3, 0.4) is 0 Å². The molecular weight excluding hydrogens is 312 g/mol. The molecule has 0 spiro atoms. The van der Waals surface area contributed by atoms with Crippen molar-refractivity contribution < 1.29 is 9.53 Å². The summed E-state index contributed by atoms with van der Waals surface area (Å²) in [5.74, 6) is 0.831. The molecule has 1 heterocycles. The summed E-state index contributed by atoms with van der Waals surface area (Å²) < 4.78 is 5.61. The summed E-state index contributed by atoms with van der Waals surface area (Å²) in [6, 6.07) is 25.2. The van der Waals surface area contributed by atoms with Crippen LogP contribution in [0.15, 0.2) is 78.9 Å². The van der Waals surface area contributed by atoms with Gasteiger partial charge in [0.15, 0.2) is 0 Å². The third-order valence-corrected chi connectivity index (χ3v) is 4.27. The minimum absolute atomic E-state index is 0.139. The Morgan fingerprint density at radius 1 is 0.880 bits per heavy atom. The summed E-state index contributed by atoms with van der Waals surface area (Å²) in [7, 11) is 0. The Hall–Kier alpha value is -3.27.